The fourth-order valence-corrected chi connectivity index (χ4v) is 3.95. The third-order valence-electron chi connectivity index (χ3n) is 3.66. The van der Waals surface area contributed by atoms with Crippen molar-refractivity contribution in [1.29, 1.82) is 0 Å². The van der Waals surface area contributed by atoms with E-state index in [4.69, 9.17) is 0 Å². The summed E-state index contributed by atoms with van der Waals surface area (Å²) in [5.74, 6) is -0.207. The Kier molecular flexibility index (Phi) is 6.26. The van der Waals surface area contributed by atoms with Gasteiger partial charge in [0.05, 0.1) is 10.9 Å². The minimum atomic E-state index is -0.277. The van der Waals surface area contributed by atoms with Crippen LogP contribution in [0, 0.1) is 0 Å². The molecule has 2 N–H and O–H groups in total. The second kappa shape index (κ2) is 8.83. The van der Waals surface area contributed by atoms with Crippen LogP contribution >= 0.6 is 23.1 Å². The first-order chi connectivity index (χ1) is 13.0. The predicted molar refractivity (Wildman–Crippen MR) is 112 cm³/mol. The Balaban J connectivity index is 1.58. The first-order valence-electron chi connectivity index (χ1n) is 8.37. The summed E-state index contributed by atoms with van der Waals surface area (Å²) in [5, 5.41) is 7.85. The number of carbonyl (C=O) groups excluding carboxylic acids is 2. The number of amides is 2. The van der Waals surface area contributed by atoms with Gasteiger partial charge in [-0.15, -0.1) is 23.1 Å². The maximum absolute atomic E-state index is 12.5. The van der Waals surface area contributed by atoms with Gasteiger partial charge >= 0.3 is 0 Å². The van der Waals surface area contributed by atoms with Crippen LogP contribution in [0.3, 0.4) is 0 Å². The molecule has 2 amide bonds. The molecule has 7 heteroatoms. The van der Waals surface area contributed by atoms with Crippen LogP contribution in [0.1, 0.15) is 13.8 Å². The van der Waals surface area contributed by atoms with Gasteiger partial charge in [-0.2, -0.15) is 0 Å². The summed E-state index contributed by atoms with van der Waals surface area (Å²) in [7, 11) is 0. The van der Waals surface area contributed by atoms with Crippen molar-refractivity contribution in [3.8, 4) is 11.3 Å². The molecule has 0 saturated heterocycles. The van der Waals surface area contributed by atoms with Crippen molar-refractivity contribution < 1.29 is 9.59 Å². The first kappa shape index (κ1) is 19.1. The Morgan fingerprint density at radius 3 is 2.41 bits per heavy atom. The maximum Gasteiger partial charge on any atom is 0.239 e. The summed E-state index contributed by atoms with van der Waals surface area (Å²) in [6, 6.07) is 17.3. The summed E-state index contributed by atoms with van der Waals surface area (Å²) >= 11 is 2.87. The molecule has 0 aliphatic carbocycles. The van der Waals surface area contributed by atoms with Crippen molar-refractivity contribution >= 4 is 45.7 Å². The van der Waals surface area contributed by atoms with Gasteiger partial charge in [-0.05, 0) is 31.2 Å². The summed E-state index contributed by atoms with van der Waals surface area (Å²) in [4.78, 5) is 29.0. The number of nitrogens with zero attached hydrogens (tertiary/aromatic N) is 1. The van der Waals surface area contributed by atoms with Crippen LogP contribution < -0.4 is 10.6 Å². The molecule has 0 fully saturated rings. The van der Waals surface area contributed by atoms with Crippen LogP contribution in [0.2, 0.25) is 0 Å². The summed E-state index contributed by atoms with van der Waals surface area (Å²) in [6.45, 7) is 3.32. The average molecular weight is 398 g/mol. The highest BCUT2D eigenvalue weighted by Gasteiger charge is 2.16. The second-order valence-electron chi connectivity index (χ2n) is 5.86. The topological polar surface area (TPSA) is 71.1 Å². The number of carbonyl (C=O) groups is 2. The van der Waals surface area contributed by atoms with Gasteiger partial charge in [0.15, 0.2) is 5.13 Å². The number of aromatic nitrogens is 1. The Bertz CT molecular complexity index is 924. The lowest BCUT2D eigenvalue weighted by Crippen LogP contribution is -2.22. The molecule has 0 saturated carbocycles. The number of nitrogens with one attached hydrogen (secondary N) is 2. The van der Waals surface area contributed by atoms with Crippen LogP contribution in [0.5, 0.6) is 0 Å². The fourth-order valence-electron chi connectivity index (χ4n) is 2.36. The van der Waals surface area contributed by atoms with Crippen LogP contribution in [-0.2, 0) is 9.59 Å². The molecule has 3 rings (SSSR count). The molecule has 0 aliphatic rings. The van der Waals surface area contributed by atoms with E-state index >= 15 is 0 Å². The van der Waals surface area contributed by atoms with Crippen molar-refractivity contribution in [2.24, 2.45) is 0 Å². The molecule has 2 aromatic carbocycles. The molecule has 1 atom stereocenters. The molecule has 0 spiro atoms. The van der Waals surface area contributed by atoms with E-state index in [-0.39, 0.29) is 17.1 Å². The standard InChI is InChI=1S/C20H19N3O2S2/c1-13(27-17-10-8-16(9-11-17)21-14(2)24)19(25)23-20-22-18(12-26-20)15-6-4-3-5-7-15/h3-13H,1-2H3,(H,21,24)(H,22,23,25)/t13-/m1/s1. The number of thiazole rings is 1. The lowest BCUT2D eigenvalue weighted by molar-refractivity contribution is -0.115. The van der Waals surface area contributed by atoms with Gasteiger partial charge in [-0.1, -0.05) is 30.3 Å². The van der Waals surface area contributed by atoms with E-state index in [0.29, 0.717) is 5.13 Å². The number of hydrogen-bond donors (Lipinski definition) is 2. The molecule has 1 heterocycles. The lowest BCUT2D eigenvalue weighted by atomic mass is 10.2. The summed E-state index contributed by atoms with van der Waals surface area (Å²) < 4.78 is 0. The van der Waals surface area contributed by atoms with Gasteiger partial charge in [0.25, 0.3) is 0 Å². The molecule has 0 unspecified atom stereocenters. The van der Waals surface area contributed by atoms with Crippen LogP contribution in [0.25, 0.3) is 11.3 Å². The van der Waals surface area contributed by atoms with Crippen LogP contribution in [-0.4, -0.2) is 22.0 Å². The highest BCUT2D eigenvalue weighted by atomic mass is 32.2. The van der Waals surface area contributed by atoms with Crippen LogP contribution in [0.4, 0.5) is 10.8 Å². The van der Waals surface area contributed by atoms with Crippen molar-refractivity contribution in [1.82, 2.24) is 4.98 Å². The molecule has 27 heavy (non-hydrogen) atoms. The van der Waals surface area contributed by atoms with Gasteiger partial charge in [0, 0.05) is 28.5 Å². The number of hydrogen-bond acceptors (Lipinski definition) is 5. The molecule has 0 aliphatic heterocycles. The smallest absolute Gasteiger partial charge is 0.239 e. The summed E-state index contributed by atoms with van der Waals surface area (Å²) in [6.07, 6.45) is 0. The number of thioether (sulfide) groups is 1. The molecule has 138 valence electrons. The third kappa shape index (κ3) is 5.42. The van der Waals surface area contributed by atoms with E-state index in [1.54, 1.807) is 0 Å². The van der Waals surface area contributed by atoms with E-state index in [0.717, 1.165) is 21.8 Å². The van der Waals surface area contributed by atoms with Crippen molar-refractivity contribution in [3.63, 3.8) is 0 Å². The molecular formula is C20H19N3O2S2. The van der Waals surface area contributed by atoms with Gasteiger partial charge < -0.3 is 10.6 Å². The molecular weight excluding hydrogens is 378 g/mol. The maximum atomic E-state index is 12.5. The van der Waals surface area contributed by atoms with Gasteiger partial charge in [0.2, 0.25) is 11.8 Å². The monoisotopic (exact) mass is 397 g/mol. The summed E-state index contributed by atoms with van der Waals surface area (Å²) in [5.41, 5.74) is 2.61. The van der Waals surface area contributed by atoms with E-state index in [1.807, 2.05) is 66.9 Å². The average Bonchev–Trinajstić information content (AvgIpc) is 3.12. The minimum absolute atomic E-state index is 0.0973. The third-order valence-corrected chi connectivity index (χ3v) is 5.53. The Labute approximate surface area is 166 Å². The minimum Gasteiger partial charge on any atom is -0.326 e. The quantitative estimate of drug-likeness (QED) is 0.581. The number of anilines is 2. The Morgan fingerprint density at radius 2 is 1.74 bits per heavy atom. The van der Waals surface area contributed by atoms with Crippen molar-refractivity contribution in [2.45, 2.75) is 24.0 Å². The second-order valence-corrected chi connectivity index (χ2v) is 8.13. The molecule has 3 aromatic rings. The highest BCUT2D eigenvalue weighted by Crippen LogP contribution is 2.28. The zero-order valence-corrected chi connectivity index (χ0v) is 16.6. The zero-order chi connectivity index (χ0) is 19.2. The normalized spacial score (nSPS) is 11.6. The molecule has 0 radical (unpaired) electrons. The molecule has 1 aromatic heterocycles. The van der Waals surface area contributed by atoms with E-state index < -0.39 is 0 Å². The number of rotatable bonds is 6. The van der Waals surface area contributed by atoms with Crippen molar-refractivity contribution in [3.05, 3.63) is 60.0 Å². The molecule has 0 bridgehead atoms. The number of benzene rings is 2. The Morgan fingerprint density at radius 1 is 1.04 bits per heavy atom. The zero-order valence-electron chi connectivity index (χ0n) is 14.9. The highest BCUT2D eigenvalue weighted by molar-refractivity contribution is 8.00. The van der Waals surface area contributed by atoms with Gasteiger partial charge in [-0.3, -0.25) is 9.59 Å². The van der Waals surface area contributed by atoms with Gasteiger partial charge in [0.1, 0.15) is 0 Å². The Hall–Kier alpha value is -2.64. The van der Waals surface area contributed by atoms with E-state index in [1.165, 1.54) is 30.0 Å². The largest absolute Gasteiger partial charge is 0.326 e. The first-order valence-corrected chi connectivity index (χ1v) is 10.1. The fraction of sp³-hybridized carbons (Fsp3) is 0.150. The molecule has 5 nitrogen and oxygen atoms in total. The van der Waals surface area contributed by atoms with E-state index in [9.17, 15) is 9.59 Å². The van der Waals surface area contributed by atoms with Crippen LogP contribution in [0.15, 0.2) is 64.9 Å². The van der Waals surface area contributed by atoms with Gasteiger partial charge in [-0.25, -0.2) is 4.98 Å². The van der Waals surface area contributed by atoms with Crippen molar-refractivity contribution in [2.75, 3.05) is 10.6 Å². The lowest BCUT2D eigenvalue weighted by Gasteiger charge is -2.11. The predicted octanol–water partition coefficient (Wildman–Crippen LogP) is 4.89. The SMILES string of the molecule is CC(=O)Nc1ccc(S[C@H](C)C(=O)Nc2nc(-c3ccccc3)cs2)cc1. The van der Waals surface area contributed by atoms with E-state index in [2.05, 4.69) is 15.6 Å².